The van der Waals surface area contributed by atoms with E-state index in [1.807, 2.05) is 29.2 Å². The number of halogens is 3. The monoisotopic (exact) mass is 490 g/mol. The van der Waals surface area contributed by atoms with Crippen LogP contribution in [0.5, 0.6) is 0 Å². The number of carbonyl (C=O) groups is 2. The summed E-state index contributed by atoms with van der Waals surface area (Å²) in [4.78, 5) is 27.4. The molecule has 2 aliphatic rings. The fraction of sp³-hybridized carbons (Fsp3) is 0.500. The number of rotatable bonds is 6. The van der Waals surface area contributed by atoms with Crippen LogP contribution in [0.2, 0.25) is 0 Å². The molecular formula is C24H29F3N6O2. The highest BCUT2D eigenvalue weighted by Gasteiger charge is 2.41. The lowest BCUT2D eigenvalue weighted by Crippen LogP contribution is -2.43. The van der Waals surface area contributed by atoms with E-state index in [4.69, 9.17) is 0 Å². The largest absolute Gasteiger partial charge is 0.391 e. The quantitative estimate of drug-likeness (QED) is 0.645. The number of benzene rings is 1. The minimum Gasteiger partial charge on any atom is -0.355 e. The van der Waals surface area contributed by atoms with E-state index in [1.165, 1.54) is 0 Å². The van der Waals surface area contributed by atoms with E-state index in [-0.39, 0.29) is 30.6 Å². The normalized spacial score (nSPS) is 19.5. The summed E-state index contributed by atoms with van der Waals surface area (Å²) >= 11 is 0. The first-order valence-corrected chi connectivity index (χ1v) is 11.7. The van der Waals surface area contributed by atoms with Crippen molar-refractivity contribution >= 4 is 29.1 Å². The van der Waals surface area contributed by atoms with Gasteiger partial charge in [-0.1, -0.05) is 12.1 Å². The van der Waals surface area contributed by atoms with E-state index in [9.17, 15) is 22.8 Å². The molecule has 1 aromatic carbocycles. The molecule has 2 fully saturated rings. The number of nitrogens with zero attached hydrogens (tertiary/aromatic N) is 4. The zero-order valence-electron chi connectivity index (χ0n) is 19.5. The Bertz CT molecular complexity index is 1020. The van der Waals surface area contributed by atoms with Gasteiger partial charge in [-0.2, -0.15) is 13.2 Å². The number of hydrogen-bond acceptors (Lipinski definition) is 6. The highest BCUT2D eigenvalue weighted by atomic mass is 19.4. The van der Waals surface area contributed by atoms with Gasteiger partial charge in [-0.15, -0.1) is 10.2 Å². The Morgan fingerprint density at radius 2 is 1.77 bits per heavy atom. The fourth-order valence-electron chi connectivity index (χ4n) is 4.41. The maximum absolute atomic E-state index is 12.9. The van der Waals surface area contributed by atoms with Crippen LogP contribution in [0.15, 0.2) is 36.4 Å². The average molecular weight is 491 g/mol. The molecule has 2 aromatic rings. The van der Waals surface area contributed by atoms with Crippen LogP contribution in [0.1, 0.15) is 31.2 Å². The second-order valence-corrected chi connectivity index (χ2v) is 9.13. The molecule has 3 heterocycles. The van der Waals surface area contributed by atoms with Gasteiger partial charge in [-0.3, -0.25) is 9.59 Å². The number of hydrogen-bond donors (Lipinski definition) is 2. The number of amides is 2. The molecule has 2 aliphatic heterocycles. The Hall–Kier alpha value is -3.37. The van der Waals surface area contributed by atoms with Crippen molar-refractivity contribution in [3.05, 3.63) is 42.0 Å². The van der Waals surface area contributed by atoms with Crippen LogP contribution in [0, 0.1) is 11.8 Å². The molecule has 2 N–H and O–H groups in total. The van der Waals surface area contributed by atoms with Gasteiger partial charge in [-0.25, -0.2) is 0 Å². The summed E-state index contributed by atoms with van der Waals surface area (Å²) in [5.74, 6) is -0.321. The second kappa shape index (κ2) is 10.5. The van der Waals surface area contributed by atoms with Crippen LogP contribution in [-0.4, -0.2) is 59.8 Å². The van der Waals surface area contributed by atoms with E-state index in [1.54, 1.807) is 24.1 Å². The van der Waals surface area contributed by atoms with Crippen LogP contribution in [0.3, 0.4) is 0 Å². The lowest BCUT2D eigenvalue weighted by molar-refractivity contribution is -0.179. The number of piperidine rings is 2. The molecule has 0 bridgehead atoms. The molecule has 35 heavy (non-hydrogen) atoms. The topological polar surface area (TPSA) is 90.5 Å². The van der Waals surface area contributed by atoms with Crippen LogP contribution in [0.4, 0.5) is 30.5 Å². The van der Waals surface area contributed by atoms with Gasteiger partial charge in [0.15, 0.2) is 11.6 Å². The third-order valence-corrected chi connectivity index (χ3v) is 6.62. The molecule has 0 aliphatic carbocycles. The smallest absolute Gasteiger partial charge is 0.355 e. The van der Waals surface area contributed by atoms with E-state index >= 15 is 0 Å². The number of carbonyl (C=O) groups excluding carboxylic acids is 2. The first kappa shape index (κ1) is 24.7. The van der Waals surface area contributed by atoms with Crippen molar-refractivity contribution in [2.24, 2.45) is 11.8 Å². The second-order valence-electron chi connectivity index (χ2n) is 9.13. The Morgan fingerprint density at radius 1 is 1.06 bits per heavy atom. The van der Waals surface area contributed by atoms with Crippen molar-refractivity contribution in [2.75, 3.05) is 36.9 Å². The van der Waals surface area contributed by atoms with Crippen molar-refractivity contribution in [3.63, 3.8) is 0 Å². The SMILES string of the molecule is CN1CC(C(=O)NCc2ccc(Nc3ccc(N4CCC(C(F)(F)F)CC4)nn3)cc2)CCC1=O. The van der Waals surface area contributed by atoms with Crippen LogP contribution < -0.4 is 15.5 Å². The molecule has 0 saturated carbocycles. The Morgan fingerprint density at radius 3 is 2.37 bits per heavy atom. The van der Waals surface area contributed by atoms with Crippen molar-refractivity contribution in [3.8, 4) is 0 Å². The predicted octanol–water partition coefficient (Wildman–Crippen LogP) is 3.48. The lowest BCUT2D eigenvalue weighted by atomic mass is 9.96. The van der Waals surface area contributed by atoms with Crippen molar-refractivity contribution in [2.45, 2.75) is 38.4 Å². The van der Waals surface area contributed by atoms with Gasteiger partial charge >= 0.3 is 6.18 Å². The van der Waals surface area contributed by atoms with Gasteiger partial charge in [0.05, 0.1) is 11.8 Å². The van der Waals surface area contributed by atoms with Gasteiger partial charge in [0, 0.05) is 45.3 Å². The fourth-order valence-corrected chi connectivity index (χ4v) is 4.41. The van der Waals surface area contributed by atoms with Crippen molar-refractivity contribution < 1.29 is 22.8 Å². The molecule has 1 aromatic heterocycles. The maximum atomic E-state index is 12.9. The number of alkyl halides is 3. The van der Waals surface area contributed by atoms with Gasteiger partial charge in [-0.05, 0) is 49.1 Å². The first-order chi connectivity index (χ1) is 16.7. The summed E-state index contributed by atoms with van der Waals surface area (Å²) in [6, 6.07) is 11.0. The summed E-state index contributed by atoms with van der Waals surface area (Å²) in [6.45, 7) is 1.45. The summed E-state index contributed by atoms with van der Waals surface area (Å²) in [5.41, 5.74) is 1.73. The van der Waals surface area contributed by atoms with Gasteiger partial charge < -0.3 is 20.4 Å². The van der Waals surface area contributed by atoms with E-state index in [0.29, 0.717) is 50.7 Å². The summed E-state index contributed by atoms with van der Waals surface area (Å²) in [6.07, 6.45) is -3.04. The zero-order valence-corrected chi connectivity index (χ0v) is 19.5. The van der Waals surface area contributed by atoms with Crippen LogP contribution in [-0.2, 0) is 16.1 Å². The zero-order chi connectivity index (χ0) is 25.0. The van der Waals surface area contributed by atoms with Gasteiger partial charge in [0.2, 0.25) is 11.8 Å². The van der Waals surface area contributed by atoms with Crippen molar-refractivity contribution in [1.82, 2.24) is 20.4 Å². The van der Waals surface area contributed by atoms with Crippen molar-refractivity contribution in [1.29, 1.82) is 0 Å². The molecule has 1 atom stereocenters. The predicted molar refractivity (Wildman–Crippen MR) is 125 cm³/mol. The summed E-state index contributed by atoms with van der Waals surface area (Å²) in [5, 5.41) is 14.4. The van der Waals surface area contributed by atoms with Gasteiger partial charge in [0.1, 0.15) is 0 Å². The Labute approximate surface area is 201 Å². The molecule has 188 valence electrons. The number of likely N-dealkylation sites (tertiary alicyclic amines) is 1. The van der Waals surface area contributed by atoms with Crippen LogP contribution >= 0.6 is 0 Å². The average Bonchev–Trinajstić information content (AvgIpc) is 2.85. The highest BCUT2D eigenvalue weighted by Crippen LogP contribution is 2.35. The lowest BCUT2D eigenvalue weighted by Gasteiger charge is -2.33. The van der Waals surface area contributed by atoms with Crippen LogP contribution in [0.25, 0.3) is 0 Å². The Balaban J connectivity index is 1.24. The third-order valence-electron chi connectivity index (χ3n) is 6.62. The van der Waals surface area contributed by atoms with Gasteiger partial charge in [0.25, 0.3) is 0 Å². The van der Waals surface area contributed by atoms with E-state index in [2.05, 4.69) is 20.8 Å². The molecular weight excluding hydrogens is 461 g/mol. The summed E-state index contributed by atoms with van der Waals surface area (Å²) < 4.78 is 38.6. The molecule has 2 saturated heterocycles. The highest BCUT2D eigenvalue weighted by molar-refractivity contribution is 5.83. The molecule has 4 rings (SSSR count). The van der Waals surface area contributed by atoms with E-state index < -0.39 is 12.1 Å². The first-order valence-electron chi connectivity index (χ1n) is 11.7. The maximum Gasteiger partial charge on any atom is 0.391 e. The molecule has 0 radical (unpaired) electrons. The standard InChI is InChI=1S/C24H29F3N6O2/c1-32-15-17(4-9-22(32)34)23(35)28-14-16-2-5-19(6-3-16)29-20-7-8-21(31-30-20)33-12-10-18(11-13-33)24(25,26)27/h2-3,5-8,17-18H,4,9-15H2,1H3,(H,28,35)(H,29,30). The number of nitrogens with one attached hydrogen (secondary N) is 2. The molecule has 1 unspecified atom stereocenters. The molecule has 11 heteroatoms. The summed E-state index contributed by atoms with van der Waals surface area (Å²) in [7, 11) is 1.71. The van der Waals surface area contributed by atoms with E-state index in [0.717, 1.165) is 11.3 Å². The number of aromatic nitrogens is 2. The number of anilines is 3. The molecule has 2 amide bonds. The molecule has 0 spiro atoms. The Kier molecular flexibility index (Phi) is 7.42. The minimum atomic E-state index is -4.14. The molecule has 8 nitrogen and oxygen atoms in total. The third kappa shape index (κ3) is 6.40. The minimum absolute atomic E-state index is 0.0513.